The highest BCUT2D eigenvalue weighted by atomic mass is 32.1. The number of ether oxygens (including phenoxy) is 1. The van der Waals surface area contributed by atoms with E-state index < -0.39 is 0 Å². The molecular formula is C16H29N3OS. The molecule has 120 valence electrons. The molecule has 0 bridgehead atoms. The van der Waals surface area contributed by atoms with E-state index in [1.807, 2.05) is 19.0 Å². The normalized spacial score (nSPS) is 17.7. The minimum atomic E-state index is 0.625. The zero-order chi connectivity index (χ0) is 15.2. The quantitative estimate of drug-likeness (QED) is 0.834. The fraction of sp³-hybridized carbons (Fsp3) is 0.812. The summed E-state index contributed by atoms with van der Waals surface area (Å²) in [6, 6.07) is 0.625. The van der Waals surface area contributed by atoms with Gasteiger partial charge in [0, 0.05) is 26.7 Å². The molecule has 0 aromatic carbocycles. The minimum Gasteiger partial charge on any atom is -0.480 e. The predicted molar refractivity (Wildman–Crippen MR) is 90.5 cm³/mol. The van der Waals surface area contributed by atoms with Crippen LogP contribution in [0.3, 0.4) is 0 Å². The Hall–Kier alpha value is -0.810. The van der Waals surface area contributed by atoms with Crippen molar-refractivity contribution in [3.8, 4) is 5.88 Å². The first-order chi connectivity index (χ1) is 10.2. The molecule has 1 aliphatic rings. The third-order valence-electron chi connectivity index (χ3n) is 4.41. The lowest BCUT2D eigenvalue weighted by molar-refractivity contribution is 0.261. The highest BCUT2D eigenvalue weighted by molar-refractivity contribution is 7.15. The smallest absolute Gasteiger partial charge is 0.230 e. The van der Waals surface area contributed by atoms with Gasteiger partial charge in [-0.25, -0.2) is 0 Å². The summed E-state index contributed by atoms with van der Waals surface area (Å²) in [4.78, 5) is 7.77. The van der Waals surface area contributed by atoms with E-state index in [0.717, 1.165) is 23.5 Å². The Morgan fingerprint density at radius 1 is 1.33 bits per heavy atom. The second kappa shape index (κ2) is 7.99. The van der Waals surface area contributed by atoms with Crippen LogP contribution in [-0.4, -0.2) is 32.2 Å². The zero-order valence-electron chi connectivity index (χ0n) is 13.8. The van der Waals surface area contributed by atoms with E-state index in [4.69, 9.17) is 4.74 Å². The van der Waals surface area contributed by atoms with Crippen LogP contribution in [0.15, 0.2) is 0 Å². The molecule has 1 N–H and O–H groups in total. The number of rotatable bonds is 7. The monoisotopic (exact) mass is 311 g/mol. The van der Waals surface area contributed by atoms with Gasteiger partial charge in [-0.2, -0.15) is 4.98 Å². The maximum Gasteiger partial charge on any atom is 0.230 e. The van der Waals surface area contributed by atoms with Gasteiger partial charge < -0.3 is 15.0 Å². The van der Waals surface area contributed by atoms with Gasteiger partial charge in [-0.1, -0.05) is 37.5 Å². The maximum absolute atomic E-state index is 5.42. The number of nitrogens with zero attached hydrogens (tertiary/aromatic N) is 2. The Morgan fingerprint density at radius 2 is 2.05 bits per heavy atom. The fourth-order valence-electron chi connectivity index (χ4n) is 3.19. The van der Waals surface area contributed by atoms with Crippen molar-refractivity contribution in [3.05, 3.63) is 4.88 Å². The van der Waals surface area contributed by atoms with Crippen LogP contribution in [0, 0.1) is 5.92 Å². The highest BCUT2D eigenvalue weighted by Crippen LogP contribution is 2.32. The third-order valence-corrected chi connectivity index (χ3v) is 5.61. The van der Waals surface area contributed by atoms with Gasteiger partial charge >= 0.3 is 0 Å². The molecule has 1 heterocycles. The Morgan fingerprint density at radius 3 is 2.62 bits per heavy atom. The number of hydrogen-bond donors (Lipinski definition) is 1. The number of methoxy groups -OCH3 is 1. The van der Waals surface area contributed by atoms with Crippen molar-refractivity contribution in [1.29, 1.82) is 0 Å². The summed E-state index contributed by atoms with van der Waals surface area (Å²) in [6.45, 7) is 3.16. The summed E-state index contributed by atoms with van der Waals surface area (Å²) in [7, 11) is 5.75. The summed E-state index contributed by atoms with van der Waals surface area (Å²) in [6.07, 6.45) is 8.19. The van der Waals surface area contributed by atoms with Gasteiger partial charge in [-0.05, 0) is 25.2 Å². The molecule has 5 heteroatoms. The van der Waals surface area contributed by atoms with Gasteiger partial charge in [-0.3, -0.25) is 0 Å². The Labute approximate surface area is 132 Å². The third kappa shape index (κ3) is 4.33. The standard InChI is InChI=1S/C16H29N3OS/c1-5-13(12-9-7-6-8-10-12)17-11-14-15(20-4)18-16(21-14)19(2)3/h12-13,17H,5-11H2,1-4H3. The van der Waals surface area contributed by atoms with Crippen LogP contribution in [0.1, 0.15) is 50.3 Å². The van der Waals surface area contributed by atoms with Crippen LogP contribution in [0.5, 0.6) is 5.88 Å². The Bertz CT molecular complexity index is 427. The van der Waals surface area contributed by atoms with Gasteiger partial charge in [0.25, 0.3) is 0 Å². The van der Waals surface area contributed by atoms with Crippen LogP contribution in [0.2, 0.25) is 0 Å². The van der Waals surface area contributed by atoms with Crippen molar-refractivity contribution in [2.45, 2.75) is 58.0 Å². The van der Waals surface area contributed by atoms with Crippen LogP contribution in [0.4, 0.5) is 5.13 Å². The van der Waals surface area contributed by atoms with Gasteiger partial charge in [0.15, 0.2) is 5.13 Å². The molecule has 0 spiro atoms. The van der Waals surface area contributed by atoms with Crippen LogP contribution in [0.25, 0.3) is 0 Å². The Kier molecular flexibility index (Phi) is 6.30. The number of thiazole rings is 1. The molecule has 0 saturated heterocycles. The van der Waals surface area contributed by atoms with Crippen molar-refractivity contribution in [2.24, 2.45) is 5.92 Å². The summed E-state index contributed by atoms with van der Waals surface area (Å²) >= 11 is 1.72. The molecule has 1 aliphatic carbocycles. The lowest BCUT2D eigenvalue weighted by Gasteiger charge is -2.30. The van der Waals surface area contributed by atoms with Crippen molar-refractivity contribution in [3.63, 3.8) is 0 Å². The van der Waals surface area contributed by atoms with E-state index in [1.54, 1.807) is 18.4 Å². The summed E-state index contributed by atoms with van der Waals surface area (Å²) in [5.74, 6) is 1.62. The Balaban J connectivity index is 1.96. The molecule has 1 atom stereocenters. The van der Waals surface area contributed by atoms with E-state index >= 15 is 0 Å². The average Bonchev–Trinajstić information content (AvgIpc) is 2.92. The molecule has 1 fully saturated rings. The van der Waals surface area contributed by atoms with Crippen molar-refractivity contribution in [1.82, 2.24) is 10.3 Å². The number of hydrogen-bond acceptors (Lipinski definition) is 5. The van der Waals surface area contributed by atoms with E-state index in [2.05, 4.69) is 17.2 Å². The van der Waals surface area contributed by atoms with E-state index in [9.17, 15) is 0 Å². The second-order valence-electron chi connectivity index (χ2n) is 6.12. The molecule has 1 aromatic heterocycles. The fourth-order valence-corrected chi connectivity index (χ4v) is 4.10. The van der Waals surface area contributed by atoms with Crippen LogP contribution in [-0.2, 0) is 6.54 Å². The topological polar surface area (TPSA) is 37.4 Å². The number of nitrogens with one attached hydrogen (secondary N) is 1. The van der Waals surface area contributed by atoms with E-state index in [-0.39, 0.29) is 0 Å². The molecular weight excluding hydrogens is 282 g/mol. The SMILES string of the molecule is CCC(NCc1sc(N(C)C)nc1OC)C1CCCCC1. The lowest BCUT2D eigenvalue weighted by Crippen LogP contribution is -2.36. The average molecular weight is 311 g/mol. The van der Waals surface area contributed by atoms with Gasteiger partial charge in [0.05, 0.1) is 12.0 Å². The maximum atomic E-state index is 5.42. The zero-order valence-corrected chi connectivity index (χ0v) is 14.6. The summed E-state index contributed by atoms with van der Waals surface area (Å²) in [5.41, 5.74) is 0. The van der Waals surface area contributed by atoms with Gasteiger partial charge in [0.2, 0.25) is 5.88 Å². The van der Waals surface area contributed by atoms with E-state index in [0.29, 0.717) is 6.04 Å². The molecule has 0 radical (unpaired) electrons. The number of aromatic nitrogens is 1. The predicted octanol–water partition coefficient (Wildman–Crippen LogP) is 3.67. The van der Waals surface area contributed by atoms with Crippen LogP contribution >= 0.6 is 11.3 Å². The molecule has 2 rings (SSSR count). The molecule has 21 heavy (non-hydrogen) atoms. The molecule has 0 amide bonds. The molecule has 1 unspecified atom stereocenters. The van der Waals surface area contributed by atoms with Crippen molar-refractivity contribution < 1.29 is 4.74 Å². The van der Waals surface area contributed by atoms with Gasteiger partial charge in [0.1, 0.15) is 0 Å². The molecule has 0 aliphatic heterocycles. The van der Waals surface area contributed by atoms with E-state index in [1.165, 1.54) is 43.4 Å². The van der Waals surface area contributed by atoms with Crippen molar-refractivity contribution >= 4 is 16.5 Å². The molecule has 1 aromatic rings. The summed E-state index contributed by atoms with van der Waals surface area (Å²) in [5, 5.41) is 4.76. The first kappa shape index (κ1) is 16.6. The van der Waals surface area contributed by atoms with Crippen molar-refractivity contribution in [2.75, 3.05) is 26.1 Å². The lowest BCUT2D eigenvalue weighted by atomic mass is 9.83. The van der Waals surface area contributed by atoms with Crippen LogP contribution < -0.4 is 15.0 Å². The first-order valence-electron chi connectivity index (χ1n) is 8.10. The largest absolute Gasteiger partial charge is 0.480 e. The summed E-state index contributed by atoms with van der Waals surface area (Å²) < 4.78 is 5.42. The van der Waals surface area contributed by atoms with Gasteiger partial charge in [-0.15, -0.1) is 0 Å². The molecule has 4 nitrogen and oxygen atoms in total. The minimum absolute atomic E-state index is 0.625. The highest BCUT2D eigenvalue weighted by Gasteiger charge is 2.23. The number of anilines is 1. The first-order valence-corrected chi connectivity index (χ1v) is 8.91. The molecule has 1 saturated carbocycles. The second-order valence-corrected chi connectivity index (χ2v) is 7.18.